The maximum atomic E-state index is 5.76. The molecular weight excluding hydrogens is 224 g/mol. The molecule has 0 saturated heterocycles. The van der Waals surface area contributed by atoms with Gasteiger partial charge in [0.1, 0.15) is 18.0 Å². The first-order chi connectivity index (χ1) is 8.58. The molecule has 94 valence electrons. The van der Waals surface area contributed by atoms with Crippen LogP contribution >= 0.6 is 0 Å². The fraction of sp³-hybridized carbons (Fsp3) is 0.286. The first-order valence-electron chi connectivity index (χ1n) is 5.98. The molecule has 0 spiro atoms. The van der Waals surface area contributed by atoms with Crippen LogP contribution in [0.1, 0.15) is 29.7 Å². The Labute approximate surface area is 107 Å². The molecule has 0 radical (unpaired) electrons. The van der Waals surface area contributed by atoms with E-state index >= 15 is 0 Å². The molecule has 0 aliphatic rings. The highest BCUT2D eigenvalue weighted by Gasteiger charge is 2.09. The minimum atomic E-state index is 0.179. The average molecular weight is 242 g/mol. The van der Waals surface area contributed by atoms with Gasteiger partial charge in [0, 0.05) is 11.6 Å². The minimum Gasteiger partial charge on any atom is -0.383 e. The zero-order valence-corrected chi connectivity index (χ0v) is 10.9. The summed E-state index contributed by atoms with van der Waals surface area (Å²) < 4.78 is 0. The number of hydrogen-bond acceptors (Lipinski definition) is 4. The van der Waals surface area contributed by atoms with Crippen molar-refractivity contribution in [2.45, 2.75) is 26.8 Å². The van der Waals surface area contributed by atoms with Crippen molar-refractivity contribution < 1.29 is 0 Å². The van der Waals surface area contributed by atoms with E-state index in [1.165, 1.54) is 17.5 Å². The summed E-state index contributed by atoms with van der Waals surface area (Å²) in [7, 11) is 0. The van der Waals surface area contributed by atoms with Crippen LogP contribution in [0.4, 0.5) is 11.6 Å². The maximum absolute atomic E-state index is 5.76. The Kier molecular flexibility index (Phi) is 3.46. The van der Waals surface area contributed by atoms with E-state index in [0.717, 1.165) is 11.4 Å². The van der Waals surface area contributed by atoms with Gasteiger partial charge in [-0.25, -0.2) is 9.97 Å². The van der Waals surface area contributed by atoms with Crippen LogP contribution in [0.25, 0.3) is 0 Å². The molecule has 1 aromatic carbocycles. The third-order valence-corrected chi connectivity index (χ3v) is 3.05. The van der Waals surface area contributed by atoms with Crippen molar-refractivity contribution >= 4 is 11.6 Å². The summed E-state index contributed by atoms with van der Waals surface area (Å²) in [6.45, 7) is 6.10. The second-order valence-corrected chi connectivity index (χ2v) is 4.51. The average Bonchev–Trinajstić information content (AvgIpc) is 2.36. The van der Waals surface area contributed by atoms with E-state index in [-0.39, 0.29) is 6.04 Å². The zero-order valence-electron chi connectivity index (χ0n) is 10.9. The first kappa shape index (κ1) is 12.4. The zero-order chi connectivity index (χ0) is 13.1. The van der Waals surface area contributed by atoms with Crippen LogP contribution in [0, 0.1) is 13.8 Å². The van der Waals surface area contributed by atoms with Crippen molar-refractivity contribution in [1.29, 1.82) is 0 Å². The van der Waals surface area contributed by atoms with Gasteiger partial charge in [0.05, 0.1) is 0 Å². The quantitative estimate of drug-likeness (QED) is 0.868. The smallest absolute Gasteiger partial charge is 0.134 e. The number of nitrogens with zero attached hydrogens (tertiary/aromatic N) is 2. The largest absolute Gasteiger partial charge is 0.383 e. The molecule has 1 aromatic heterocycles. The van der Waals surface area contributed by atoms with E-state index in [1.807, 2.05) is 6.92 Å². The Balaban J connectivity index is 2.18. The number of aromatic nitrogens is 2. The van der Waals surface area contributed by atoms with Gasteiger partial charge in [-0.15, -0.1) is 0 Å². The maximum Gasteiger partial charge on any atom is 0.134 e. The molecule has 2 rings (SSSR count). The Bertz CT molecular complexity index is 534. The van der Waals surface area contributed by atoms with E-state index in [9.17, 15) is 0 Å². The highest BCUT2D eigenvalue weighted by molar-refractivity contribution is 5.54. The van der Waals surface area contributed by atoms with Gasteiger partial charge in [-0.3, -0.25) is 0 Å². The highest BCUT2D eigenvalue weighted by Crippen LogP contribution is 2.22. The molecule has 1 unspecified atom stereocenters. The SMILES string of the molecule is Cc1ccc(C(C)Nc2ncnc(N)c2C)cc1. The van der Waals surface area contributed by atoms with Crippen LogP contribution in [0.2, 0.25) is 0 Å². The molecule has 0 bridgehead atoms. The molecule has 3 N–H and O–H groups in total. The predicted molar refractivity (Wildman–Crippen MR) is 74.4 cm³/mol. The Morgan fingerprint density at radius 1 is 1.11 bits per heavy atom. The summed E-state index contributed by atoms with van der Waals surface area (Å²) >= 11 is 0. The molecular formula is C14H18N4. The van der Waals surface area contributed by atoms with Gasteiger partial charge < -0.3 is 11.1 Å². The first-order valence-corrected chi connectivity index (χ1v) is 5.98. The van der Waals surface area contributed by atoms with Crippen molar-refractivity contribution in [3.63, 3.8) is 0 Å². The molecule has 0 saturated carbocycles. The van der Waals surface area contributed by atoms with Crippen molar-refractivity contribution in [2.24, 2.45) is 0 Å². The molecule has 0 aliphatic carbocycles. The van der Waals surface area contributed by atoms with Crippen LogP contribution in [-0.4, -0.2) is 9.97 Å². The second kappa shape index (κ2) is 5.04. The van der Waals surface area contributed by atoms with Crippen LogP contribution in [0.3, 0.4) is 0 Å². The molecule has 1 heterocycles. The summed E-state index contributed by atoms with van der Waals surface area (Å²) in [4.78, 5) is 8.18. The number of rotatable bonds is 3. The summed E-state index contributed by atoms with van der Waals surface area (Å²) in [6.07, 6.45) is 1.48. The molecule has 18 heavy (non-hydrogen) atoms. The van der Waals surface area contributed by atoms with Gasteiger partial charge >= 0.3 is 0 Å². The Hall–Kier alpha value is -2.10. The number of benzene rings is 1. The Morgan fingerprint density at radius 2 is 1.78 bits per heavy atom. The lowest BCUT2D eigenvalue weighted by Crippen LogP contribution is -2.10. The monoisotopic (exact) mass is 242 g/mol. The summed E-state index contributed by atoms with van der Waals surface area (Å²) in [6, 6.07) is 8.63. The Morgan fingerprint density at radius 3 is 2.44 bits per heavy atom. The third-order valence-electron chi connectivity index (χ3n) is 3.05. The fourth-order valence-corrected chi connectivity index (χ4v) is 1.75. The number of anilines is 2. The van der Waals surface area contributed by atoms with Crippen LogP contribution in [0.5, 0.6) is 0 Å². The molecule has 0 fully saturated rings. The second-order valence-electron chi connectivity index (χ2n) is 4.51. The summed E-state index contributed by atoms with van der Waals surface area (Å²) in [5.41, 5.74) is 9.13. The number of aryl methyl sites for hydroxylation is 1. The van der Waals surface area contributed by atoms with Gasteiger partial charge in [0.2, 0.25) is 0 Å². The lowest BCUT2D eigenvalue weighted by atomic mass is 10.1. The van der Waals surface area contributed by atoms with Crippen LogP contribution < -0.4 is 11.1 Å². The van der Waals surface area contributed by atoms with E-state index < -0.39 is 0 Å². The van der Waals surface area contributed by atoms with Gasteiger partial charge in [-0.05, 0) is 26.3 Å². The molecule has 0 aliphatic heterocycles. The van der Waals surface area contributed by atoms with Crippen molar-refractivity contribution in [2.75, 3.05) is 11.1 Å². The van der Waals surface area contributed by atoms with Gasteiger partial charge in [-0.2, -0.15) is 0 Å². The van der Waals surface area contributed by atoms with E-state index in [0.29, 0.717) is 5.82 Å². The van der Waals surface area contributed by atoms with Crippen molar-refractivity contribution in [3.05, 3.63) is 47.3 Å². The van der Waals surface area contributed by atoms with Gasteiger partial charge in [0.15, 0.2) is 0 Å². The normalized spacial score (nSPS) is 12.2. The van der Waals surface area contributed by atoms with Crippen LogP contribution in [-0.2, 0) is 0 Å². The molecule has 0 amide bonds. The lowest BCUT2D eigenvalue weighted by Gasteiger charge is -2.17. The standard InChI is InChI=1S/C14H18N4/c1-9-4-6-12(7-5-9)11(3)18-14-10(2)13(15)16-8-17-14/h4-8,11H,1-3H3,(H3,15,16,17,18). The van der Waals surface area contributed by atoms with Crippen LogP contribution in [0.15, 0.2) is 30.6 Å². The van der Waals surface area contributed by atoms with Gasteiger partial charge in [0.25, 0.3) is 0 Å². The number of nitrogens with two attached hydrogens (primary N) is 1. The third kappa shape index (κ3) is 2.59. The summed E-state index contributed by atoms with van der Waals surface area (Å²) in [5.74, 6) is 1.30. The van der Waals surface area contributed by atoms with Gasteiger partial charge in [-0.1, -0.05) is 29.8 Å². The molecule has 2 aromatic rings. The van der Waals surface area contributed by atoms with Crippen molar-refractivity contribution in [1.82, 2.24) is 9.97 Å². The lowest BCUT2D eigenvalue weighted by molar-refractivity contribution is 0.868. The molecule has 4 heteroatoms. The topological polar surface area (TPSA) is 63.8 Å². The van der Waals surface area contributed by atoms with Crippen molar-refractivity contribution in [3.8, 4) is 0 Å². The summed E-state index contributed by atoms with van der Waals surface area (Å²) in [5, 5.41) is 3.36. The molecule has 1 atom stereocenters. The number of nitrogens with one attached hydrogen (secondary N) is 1. The van der Waals surface area contributed by atoms with E-state index in [2.05, 4.69) is 53.4 Å². The molecule has 4 nitrogen and oxygen atoms in total. The fourth-order valence-electron chi connectivity index (χ4n) is 1.75. The van der Waals surface area contributed by atoms with E-state index in [1.54, 1.807) is 0 Å². The predicted octanol–water partition coefficient (Wildman–Crippen LogP) is 2.85. The minimum absolute atomic E-state index is 0.179. The number of hydrogen-bond donors (Lipinski definition) is 2. The number of nitrogen functional groups attached to an aromatic ring is 1. The highest BCUT2D eigenvalue weighted by atomic mass is 15.0. The van der Waals surface area contributed by atoms with E-state index in [4.69, 9.17) is 5.73 Å².